The average Bonchev–Trinajstić information content (AvgIpc) is 3.14. The summed E-state index contributed by atoms with van der Waals surface area (Å²) in [6, 6.07) is 21.2. The van der Waals surface area contributed by atoms with Crippen molar-refractivity contribution in [2.45, 2.75) is 19.4 Å². The molecule has 1 aliphatic rings. The third-order valence-corrected chi connectivity index (χ3v) is 6.01. The van der Waals surface area contributed by atoms with Crippen LogP contribution in [0.2, 0.25) is 0 Å². The third-order valence-electron chi connectivity index (χ3n) is 5.63. The lowest BCUT2D eigenvalue weighted by atomic mass is 10.1. The molecule has 1 atom stereocenters. The van der Waals surface area contributed by atoms with E-state index >= 15 is 0 Å². The number of amides is 3. The zero-order valence-electron chi connectivity index (χ0n) is 20.3. The van der Waals surface area contributed by atoms with Gasteiger partial charge in [-0.2, -0.15) is 0 Å². The van der Waals surface area contributed by atoms with Gasteiger partial charge in [-0.1, -0.05) is 18.2 Å². The van der Waals surface area contributed by atoms with Crippen molar-refractivity contribution in [1.29, 1.82) is 0 Å². The van der Waals surface area contributed by atoms with Crippen LogP contribution in [0.4, 0.5) is 11.4 Å². The summed E-state index contributed by atoms with van der Waals surface area (Å²) in [7, 11) is 1.53. The highest BCUT2D eigenvalue weighted by Crippen LogP contribution is 2.26. The van der Waals surface area contributed by atoms with Crippen molar-refractivity contribution >= 4 is 46.4 Å². The second-order valence-corrected chi connectivity index (χ2v) is 8.42. The number of carbonyl (C=O) groups is 3. The molecule has 9 nitrogen and oxygen atoms in total. The second-order valence-electron chi connectivity index (χ2n) is 8.06. The highest BCUT2D eigenvalue weighted by Gasteiger charge is 2.45. The number of ether oxygens (including phenoxy) is 2. The Bertz CT molecular complexity index is 1280. The molecule has 0 radical (unpaired) electrons. The molecule has 0 aliphatic carbocycles. The smallest absolute Gasteiger partial charge is 0.269 e. The fraction of sp³-hybridized carbons (Fsp3) is 0.185. The van der Waals surface area contributed by atoms with Crippen LogP contribution in [0.25, 0.3) is 0 Å². The summed E-state index contributed by atoms with van der Waals surface area (Å²) >= 11 is 5.58. The van der Waals surface area contributed by atoms with Gasteiger partial charge in [0.1, 0.15) is 17.5 Å². The van der Waals surface area contributed by atoms with Gasteiger partial charge in [0, 0.05) is 11.3 Å². The van der Waals surface area contributed by atoms with Crippen LogP contribution in [-0.4, -0.2) is 47.6 Å². The fourth-order valence-electron chi connectivity index (χ4n) is 3.82. The Kier molecular flexibility index (Phi) is 7.99. The van der Waals surface area contributed by atoms with E-state index < -0.39 is 23.8 Å². The predicted octanol–water partition coefficient (Wildman–Crippen LogP) is 3.77. The molecule has 3 aromatic rings. The Labute approximate surface area is 219 Å². The van der Waals surface area contributed by atoms with Gasteiger partial charge in [-0.25, -0.2) is 5.01 Å². The summed E-state index contributed by atoms with van der Waals surface area (Å²) in [5.74, 6) is -0.0353. The van der Waals surface area contributed by atoms with Crippen LogP contribution < -0.4 is 25.1 Å². The number of thiocarbonyl (C=S) groups is 1. The largest absolute Gasteiger partial charge is 0.497 e. The summed E-state index contributed by atoms with van der Waals surface area (Å²) in [5.41, 5.74) is 4.14. The van der Waals surface area contributed by atoms with E-state index in [0.717, 1.165) is 0 Å². The lowest BCUT2D eigenvalue weighted by Crippen LogP contribution is -2.49. The maximum absolute atomic E-state index is 13.5. The molecule has 190 valence electrons. The summed E-state index contributed by atoms with van der Waals surface area (Å²) in [5, 5.41) is 4.12. The number of benzene rings is 3. The zero-order valence-corrected chi connectivity index (χ0v) is 21.2. The van der Waals surface area contributed by atoms with Gasteiger partial charge in [0.2, 0.25) is 11.0 Å². The number of hydrogen-bond acceptors (Lipinski definition) is 6. The first kappa shape index (κ1) is 25.6. The quantitative estimate of drug-likeness (QED) is 0.416. The van der Waals surface area contributed by atoms with Crippen molar-refractivity contribution in [3.63, 3.8) is 0 Å². The van der Waals surface area contributed by atoms with Crippen molar-refractivity contribution in [1.82, 2.24) is 10.4 Å². The molecule has 0 saturated carbocycles. The minimum absolute atomic E-state index is 0.0666. The van der Waals surface area contributed by atoms with E-state index in [0.29, 0.717) is 35.0 Å². The lowest BCUT2D eigenvalue weighted by Gasteiger charge is -2.24. The molecule has 37 heavy (non-hydrogen) atoms. The Balaban J connectivity index is 1.54. The van der Waals surface area contributed by atoms with Gasteiger partial charge in [0.25, 0.3) is 11.8 Å². The van der Waals surface area contributed by atoms with Crippen molar-refractivity contribution < 1.29 is 23.9 Å². The number of hydrogen-bond donors (Lipinski definition) is 2. The maximum Gasteiger partial charge on any atom is 0.269 e. The van der Waals surface area contributed by atoms with Gasteiger partial charge >= 0.3 is 0 Å². The molecule has 1 saturated heterocycles. The van der Waals surface area contributed by atoms with Crippen LogP contribution in [0.3, 0.4) is 0 Å². The third kappa shape index (κ3) is 5.87. The van der Waals surface area contributed by atoms with E-state index in [1.807, 2.05) is 13.0 Å². The number of nitrogens with one attached hydrogen (secondary N) is 2. The molecule has 10 heteroatoms. The van der Waals surface area contributed by atoms with Crippen LogP contribution in [0.1, 0.15) is 23.7 Å². The standard InChI is InChI=1S/C27H26N4O5S/c1-3-36-22-15-11-19(12-16-22)28-24(32)17-23-26(34)30(20-7-5-4-6-8-20)27(37)31(23)29-25(33)18-9-13-21(35-2)14-10-18/h4-16,23H,3,17H2,1-2H3,(H,28,32)(H,29,33). The molecule has 1 heterocycles. The molecule has 3 amide bonds. The van der Waals surface area contributed by atoms with Crippen molar-refractivity contribution in [3.05, 3.63) is 84.4 Å². The molecule has 1 aliphatic heterocycles. The molecule has 4 rings (SSSR count). The Morgan fingerprint density at radius 2 is 1.59 bits per heavy atom. The normalized spacial score (nSPS) is 14.9. The maximum atomic E-state index is 13.5. The minimum Gasteiger partial charge on any atom is -0.497 e. The number of rotatable bonds is 9. The summed E-state index contributed by atoms with van der Waals surface area (Å²) in [4.78, 5) is 40.7. The number of methoxy groups -OCH3 is 1. The first-order valence-corrected chi connectivity index (χ1v) is 12.0. The first-order chi connectivity index (χ1) is 17.9. The van der Waals surface area contributed by atoms with Gasteiger partial charge in [-0.15, -0.1) is 0 Å². The van der Waals surface area contributed by atoms with Crippen molar-refractivity contribution in [3.8, 4) is 11.5 Å². The van der Waals surface area contributed by atoms with Crippen LogP contribution in [0.5, 0.6) is 11.5 Å². The number of nitrogens with zero attached hydrogens (tertiary/aromatic N) is 2. The van der Waals surface area contributed by atoms with E-state index in [9.17, 15) is 14.4 Å². The van der Waals surface area contributed by atoms with Gasteiger partial charge in [0.15, 0.2) is 0 Å². The molecule has 1 fully saturated rings. The minimum atomic E-state index is -1.04. The zero-order chi connectivity index (χ0) is 26.4. The summed E-state index contributed by atoms with van der Waals surface area (Å²) in [6.07, 6.45) is -0.238. The van der Waals surface area contributed by atoms with E-state index in [1.165, 1.54) is 17.0 Å². The van der Waals surface area contributed by atoms with Gasteiger partial charge < -0.3 is 14.8 Å². The van der Waals surface area contributed by atoms with E-state index in [-0.39, 0.29) is 11.5 Å². The summed E-state index contributed by atoms with van der Waals surface area (Å²) < 4.78 is 10.6. The van der Waals surface area contributed by atoms with Crippen LogP contribution >= 0.6 is 12.2 Å². The summed E-state index contributed by atoms with van der Waals surface area (Å²) in [6.45, 7) is 2.42. The topological polar surface area (TPSA) is 100 Å². The molecule has 3 aromatic carbocycles. The Hall–Kier alpha value is -4.44. The van der Waals surface area contributed by atoms with Crippen LogP contribution in [0.15, 0.2) is 78.9 Å². The highest BCUT2D eigenvalue weighted by molar-refractivity contribution is 7.80. The number of hydrazine groups is 1. The SMILES string of the molecule is CCOc1ccc(NC(=O)CC2C(=O)N(c3ccccc3)C(=S)N2NC(=O)c2ccc(OC)cc2)cc1. The number of para-hydroxylation sites is 1. The number of carbonyl (C=O) groups excluding carboxylic acids is 3. The predicted molar refractivity (Wildman–Crippen MR) is 143 cm³/mol. The van der Waals surface area contributed by atoms with E-state index in [1.54, 1.807) is 72.8 Å². The monoisotopic (exact) mass is 518 g/mol. The van der Waals surface area contributed by atoms with Gasteiger partial charge in [0.05, 0.1) is 25.8 Å². The average molecular weight is 519 g/mol. The van der Waals surface area contributed by atoms with Gasteiger partial charge in [-0.3, -0.25) is 24.7 Å². The Morgan fingerprint density at radius 3 is 2.22 bits per heavy atom. The van der Waals surface area contributed by atoms with Gasteiger partial charge in [-0.05, 0) is 79.8 Å². The number of anilines is 2. The van der Waals surface area contributed by atoms with Crippen LogP contribution in [0, 0.1) is 0 Å². The fourth-order valence-corrected chi connectivity index (χ4v) is 4.19. The van der Waals surface area contributed by atoms with Crippen molar-refractivity contribution in [2.75, 3.05) is 23.9 Å². The molecule has 2 N–H and O–H groups in total. The Morgan fingerprint density at radius 1 is 0.946 bits per heavy atom. The lowest BCUT2D eigenvalue weighted by molar-refractivity contribution is -0.124. The molecule has 1 unspecified atom stereocenters. The van der Waals surface area contributed by atoms with Crippen molar-refractivity contribution in [2.24, 2.45) is 0 Å². The highest BCUT2D eigenvalue weighted by atomic mass is 32.1. The second kappa shape index (κ2) is 11.5. The molecule has 0 bridgehead atoms. The molecule has 0 spiro atoms. The molecular formula is C27H26N4O5S. The molecule has 0 aromatic heterocycles. The van der Waals surface area contributed by atoms with E-state index in [2.05, 4.69) is 10.7 Å². The molecular weight excluding hydrogens is 492 g/mol. The first-order valence-electron chi connectivity index (χ1n) is 11.6. The van der Waals surface area contributed by atoms with E-state index in [4.69, 9.17) is 21.7 Å². The van der Waals surface area contributed by atoms with Crippen LogP contribution in [-0.2, 0) is 9.59 Å².